The summed E-state index contributed by atoms with van der Waals surface area (Å²) in [4.78, 5) is 12.5. The number of nitrogens with zero attached hydrogens (tertiary/aromatic N) is 1. The first-order valence-corrected chi connectivity index (χ1v) is 7.38. The maximum Gasteiger partial charge on any atom is 0.276 e. The van der Waals surface area contributed by atoms with E-state index in [0.29, 0.717) is 47.5 Å². The summed E-state index contributed by atoms with van der Waals surface area (Å²) in [6.45, 7) is 0.994. The zero-order valence-corrected chi connectivity index (χ0v) is 13.5. The van der Waals surface area contributed by atoms with Gasteiger partial charge in [-0.2, -0.15) is 5.10 Å². The van der Waals surface area contributed by atoms with Crippen molar-refractivity contribution >= 4 is 23.2 Å². The molecular formula is C15H16ClN3O4. The smallest absolute Gasteiger partial charge is 0.276 e. The van der Waals surface area contributed by atoms with Crippen molar-refractivity contribution in [2.24, 2.45) is 0 Å². The van der Waals surface area contributed by atoms with E-state index in [2.05, 4.69) is 15.5 Å². The highest BCUT2D eigenvalue weighted by molar-refractivity contribution is 6.32. The number of benzene rings is 1. The van der Waals surface area contributed by atoms with Crippen molar-refractivity contribution in [1.29, 1.82) is 0 Å². The van der Waals surface area contributed by atoms with Crippen LogP contribution in [-0.4, -0.2) is 36.9 Å². The second-order valence-electron chi connectivity index (χ2n) is 4.97. The van der Waals surface area contributed by atoms with Crippen LogP contribution in [0.1, 0.15) is 21.7 Å². The molecule has 7 nitrogen and oxygen atoms in total. The topological polar surface area (TPSA) is 85.5 Å². The fraction of sp³-hybridized carbons (Fsp3) is 0.333. The quantitative estimate of drug-likeness (QED) is 0.894. The monoisotopic (exact) mass is 337 g/mol. The number of halogens is 1. The van der Waals surface area contributed by atoms with E-state index in [0.717, 1.165) is 11.3 Å². The molecule has 0 radical (unpaired) electrons. The van der Waals surface area contributed by atoms with Gasteiger partial charge in [0, 0.05) is 29.8 Å². The summed E-state index contributed by atoms with van der Waals surface area (Å²) in [5.41, 5.74) is 2.48. The Morgan fingerprint density at radius 1 is 1.35 bits per heavy atom. The molecule has 0 saturated carbocycles. The molecule has 0 fully saturated rings. The Morgan fingerprint density at radius 2 is 2.13 bits per heavy atom. The van der Waals surface area contributed by atoms with Crippen LogP contribution in [0, 0.1) is 0 Å². The van der Waals surface area contributed by atoms with E-state index in [1.807, 2.05) is 0 Å². The molecule has 0 aliphatic carbocycles. The summed E-state index contributed by atoms with van der Waals surface area (Å²) < 4.78 is 15.8. The van der Waals surface area contributed by atoms with Crippen LogP contribution in [0.3, 0.4) is 0 Å². The lowest BCUT2D eigenvalue weighted by molar-refractivity contribution is 0.0985. The number of nitrogens with one attached hydrogen (secondary N) is 2. The van der Waals surface area contributed by atoms with Crippen molar-refractivity contribution in [1.82, 2.24) is 10.2 Å². The average Bonchev–Trinajstić information content (AvgIpc) is 3.00. The van der Waals surface area contributed by atoms with Crippen molar-refractivity contribution in [2.75, 3.05) is 26.1 Å². The van der Waals surface area contributed by atoms with E-state index >= 15 is 0 Å². The summed E-state index contributed by atoms with van der Waals surface area (Å²) >= 11 is 6.06. The van der Waals surface area contributed by atoms with E-state index in [1.165, 1.54) is 14.2 Å². The van der Waals surface area contributed by atoms with Crippen LogP contribution >= 0.6 is 11.6 Å². The number of aromatic amines is 1. The van der Waals surface area contributed by atoms with Crippen LogP contribution in [0.25, 0.3) is 0 Å². The van der Waals surface area contributed by atoms with Crippen molar-refractivity contribution in [3.63, 3.8) is 0 Å². The van der Waals surface area contributed by atoms with Crippen LogP contribution in [-0.2, 0) is 17.8 Å². The predicted molar refractivity (Wildman–Crippen MR) is 84.5 cm³/mol. The third-order valence-electron chi connectivity index (χ3n) is 3.63. The number of ether oxygens (including phenoxy) is 3. The highest BCUT2D eigenvalue weighted by Crippen LogP contribution is 2.36. The molecule has 23 heavy (non-hydrogen) atoms. The minimum absolute atomic E-state index is 0.315. The number of amides is 1. The first-order valence-electron chi connectivity index (χ1n) is 7.00. The van der Waals surface area contributed by atoms with Crippen molar-refractivity contribution < 1.29 is 19.0 Å². The van der Waals surface area contributed by atoms with Crippen LogP contribution in [0.5, 0.6) is 11.5 Å². The molecule has 0 bridgehead atoms. The first-order chi connectivity index (χ1) is 11.1. The third-order valence-corrected chi connectivity index (χ3v) is 3.93. The number of fused-ring (bicyclic) bond motifs is 1. The Morgan fingerprint density at radius 3 is 2.87 bits per heavy atom. The summed E-state index contributed by atoms with van der Waals surface area (Å²) in [5, 5.41) is 10.2. The lowest BCUT2D eigenvalue weighted by Crippen LogP contribution is -2.17. The van der Waals surface area contributed by atoms with Gasteiger partial charge < -0.3 is 19.5 Å². The number of aromatic nitrogens is 2. The number of hydrogen-bond acceptors (Lipinski definition) is 5. The molecule has 2 aromatic rings. The molecule has 0 unspecified atom stereocenters. The molecule has 1 amide bonds. The second kappa shape index (κ2) is 6.47. The molecule has 122 valence electrons. The highest BCUT2D eigenvalue weighted by Gasteiger charge is 2.23. The SMILES string of the molecule is COc1cc(NC(=O)c2n[nH]c3c2COCC3)c(OC)cc1Cl. The van der Waals surface area contributed by atoms with Crippen LogP contribution in [0.15, 0.2) is 12.1 Å². The second-order valence-corrected chi connectivity index (χ2v) is 5.38. The zero-order chi connectivity index (χ0) is 16.4. The molecule has 0 spiro atoms. The number of H-pyrrole nitrogens is 1. The number of methoxy groups -OCH3 is 2. The average molecular weight is 338 g/mol. The molecular weight excluding hydrogens is 322 g/mol. The maximum atomic E-state index is 12.5. The standard InChI is InChI=1S/C15H16ClN3O4/c1-21-12-6-11(13(22-2)5-9(12)16)17-15(20)14-8-7-23-4-3-10(8)18-19-14/h5-6H,3-4,7H2,1-2H3,(H,17,20)(H,18,19). The van der Waals surface area contributed by atoms with Crippen molar-refractivity contribution in [3.8, 4) is 11.5 Å². The summed E-state index contributed by atoms with van der Waals surface area (Å²) in [6.07, 6.45) is 0.716. The molecule has 1 aromatic heterocycles. The Labute approximate surface area is 137 Å². The van der Waals surface area contributed by atoms with E-state index < -0.39 is 0 Å². The van der Waals surface area contributed by atoms with E-state index in [4.69, 9.17) is 25.8 Å². The minimum atomic E-state index is -0.351. The molecule has 2 heterocycles. The Hall–Kier alpha value is -2.25. The number of anilines is 1. The lowest BCUT2D eigenvalue weighted by atomic mass is 10.1. The van der Waals surface area contributed by atoms with Gasteiger partial charge in [0.05, 0.1) is 38.1 Å². The Bertz CT molecular complexity index is 745. The zero-order valence-electron chi connectivity index (χ0n) is 12.7. The molecule has 1 aliphatic heterocycles. The van der Waals surface area contributed by atoms with Gasteiger partial charge in [-0.15, -0.1) is 0 Å². The summed E-state index contributed by atoms with van der Waals surface area (Å²) in [7, 11) is 3.00. The van der Waals surface area contributed by atoms with Gasteiger partial charge >= 0.3 is 0 Å². The molecule has 0 atom stereocenters. The number of carbonyl (C=O) groups is 1. The fourth-order valence-corrected chi connectivity index (χ4v) is 2.67. The van der Waals surface area contributed by atoms with Crippen molar-refractivity contribution in [2.45, 2.75) is 13.0 Å². The molecule has 1 aromatic carbocycles. The number of hydrogen-bond donors (Lipinski definition) is 2. The van der Waals surface area contributed by atoms with Crippen LogP contribution < -0.4 is 14.8 Å². The van der Waals surface area contributed by atoms with Gasteiger partial charge in [0.15, 0.2) is 5.69 Å². The highest BCUT2D eigenvalue weighted by atomic mass is 35.5. The van der Waals surface area contributed by atoms with Crippen molar-refractivity contribution in [3.05, 3.63) is 34.1 Å². The molecule has 2 N–H and O–H groups in total. The largest absolute Gasteiger partial charge is 0.495 e. The molecule has 0 saturated heterocycles. The van der Waals surface area contributed by atoms with Gasteiger partial charge in [0.2, 0.25) is 0 Å². The minimum Gasteiger partial charge on any atom is -0.495 e. The predicted octanol–water partition coefficient (Wildman–Crippen LogP) is 2.41. The van der Waals surface area contributed by atoms with E-state index in [9.17, 15) is 4.79 Å². The summed E-state index contributed by atoms with van der Waals surface area (Å²) in [6, 6.07) is 3.19. The van der Waals surface area contributed by atoms with Gasteiger partial charge in [-0.05, 0) is 0 Å². The van der Waals surface area contributed by atoms with E-state index in [1.54, 1.807) is 12.1 Å². The van der Waals surface area contributed by atoms with Gasteiger partial charge in [0.1, 0.15) is 11.5 Å². The Kier molecular flexibility index (Phi) is 4.40. The van der Waals surface area contributed by atoms with E-state index in [-0.39, 0.29) is 5.91 Å². The summed E-state index contributed by atoms with van der Waals surface area (Å²) in [5.74, 6) is 0.524. The van der Waals surface area contributed by atoms with Crippen LogP contribution in [0.2, 0.25) is 5.02 Å². The molecule has 8 heteroatoms. The van der Waals surface area contributed by atoms with Gasteiger partial charge in [-0.25, -0.2) is 0 Å². The Balaban J connectivity index is 1.89. The maximum absolute atomic E-state index is 12.5. The van der Waals surface area contributed by atoms with Gasteiger partial charge in [-0.1, -0.05) is 11.6 Å². The van der Waals surface area contributed by atoms with Gasteiger partial charge in [-0.3, -0.25) is 9.89 Å². The first kappa shape index (κ1) is 15.6. The lowest BCUT2D eigenvalue weighted by Gasteiger charge is -2.14. The van der Waals surface area contributed by atoms with Crippen LogP contribution in [0.4, 0.5) is 5.69 Å². The number of rotatable bonds is 4. The number of carbonyl (C=O) groups excluding carboxylic acids is 1. The normalized spacial score (nSPS) is 13.3. The molecule has 1 aliphatic rings. The molecule has 3 rings (SSSR count). The fourth-order valence-electron chi connectivity index (χ4n) is 2.44. The van der Waals surface area contributed by atoms with Gasteiger partial charge in [0.25, 0.3) is 5.91 Å². The third kappa shape index (κ3) is 2.97.